The van der Waals surface area contributed by atoms with Crippen molar-refractivity contribution >= 4 is 34.4 Å². The predicted octanol–water partition coefficient (Wildman–Crippen LogP) is 1.28. The van der Waals surface area contributed by atoms with E-state index in [1.54, 1.807) is 17.2 Å². The van der Waals surface area contributed by atoms with Gasteiger partial charge in [0.05, 0.1) is 5.52 Å². The average molecular weight is 398 g/mol. The molecule has 3 rings (SSSR count). The number of pyridine rings is 1. The number of hydrogen-bond donors (Lipinski definition) is 3. The Morgan fingerprint density at radius 1 is 1.29 bits per heavy atom. The molecule has 0 aliphatic carbocycles. The molecular formula is C17H17F3N4O4. The summed E-state index contributed by atoms with van der Waals surface area (Å²) in [6.07, 6.45) is -2.93. The zero-order valence-corrected chi connectivity index (χ0v) is 14.4. The molecule has 2 aromatic rings. The predicted molar refractivity (Wildman–Crippen MR) is 92.6 cm³/mol. The normalized spacial score (nSPS) is 16.6. The van der Waals surface area contributed by atoms with Crippen molar-refractivity contribution in [1.82, 2.24) is 9.88 Å². The molecule has 11 heteroatoms. The first kappa shape index (κ1) is 20.9. The van der Waals surface area contributed by atoms with Crippen LogP contribution in [0.1, 0.15) is 12.0 Å². The number of primary amides is 1. The summed E-state index contributed by atoms with van der Waals surface area (Å²) < 4.78 is 31.7. The number of hydrogen-bond acceptors (Lipinski definition) is 5. The third-order valence-electron chi connectivity index (χ3n) is 4.10. The van der Waals surface area contributed by atoms with Gasteiger partial charge in [-0.2, -0.15) is 13.2 Å². The molecule has 0 saturated carbocycles. The van der Waals surface area contributed by atoms with Crippen molar-refractivity contribution in [2.45, 2.75) is 19.1 Å². The maximum Gasteiger partial charge on any atom is 0.490 e. The van der Waals surface area contributed by atoms with Crippen molar-refractivity contribution in [2.24, 2.45) is 11.7 Å². The van der Waals surface area contributed by atoms with Crippen LogP contribution in [0.5, 0.6) is 0 Å². The minimum absolute atomic E-state index is 0.192. The van der Waals surface area contributed by atoms with Gasteiger partial charge in [-0.15, -0.1) is 0 Å². The van der Waals surface area contributed by atoms with Gasteiger partial charge in [-0.1, -0.05) is 12.1 Å². The summed E-state index contributed by atoms with van der Waals surface area (Å²) in [6.45, 7) is 1.00. The number of halogens is 3. The lowest BCUT2D eigenvalue weighted by Crippen LogP contribution is -2.33. The van der Waals surface area contributed by atoms with Crippen LogP contribution in [0.25, 0.3) is 10.9 Å². The van der Waals surface area contributed by atoms with Crippen LogP contribution in [0, 0.1) is 5.92 Å². The lowest BCUT2D eigenvalue weighted by molar-refractivity contribution is -0.192. The van der Waals surface area contributed by atoms with Crippen molar-refractivity contribution in [3.05, 3.63) is 36.0 Å². The average Bonchev–Trinajstić information content (AvgIpc) is 2.95. The van der Waals surface area contributed by atoms with Gasteiger partial charge in [0.1, 0.15) is 5.92 Å². The fourth-order valence-electron chi connectivity index (χ4n) is 2.69. The minimum Gasteiger partial charge on any atom is -0.475 e. The Hall–Kier alpha value is -3.37. The lowest BCUT2D eigenvalue weighted by atomic mass is 10.1. The maximum atomic E-state index is 12.1. The van der Waals surface area contributed by atoms with E-state index in [4.69, 9.17) is 21.4 Å². The van der Waals surface area contributed by atoms with Crippen LogP contribution < -0.4 is 11.5 Å². The smallest absolute Gasteiger partial charge is 0.475 e. The Balaban J connectivity index is 0.000000345. The van der Waals surface area contributed by atoms with Gasteiger partial charge in [0.15, 0.2) is 0 Å². The minimum atomic E-state index is -5.08. The zero-order valence-electron chi connectivity index (χ0n) is 14.4. The Labute approximate surface area is 156 Å². The van der Waals surface area contributed by atoms with Crippen LogP contribution in [0.4, 0.5) is 18.9 Å². The van der Waals surface area contributed by atoms with E-state index in [1.165, 1.54) is 0 Å². The summed E-state index contributed by atoms with van der Waals surface area (Å²) in [7, 11) is 0. The topological polar surface area (TPSA) is 140 Å². The molecule has 8 nitrogen and oxygen atoms in total. The van der Waals surface area contributed by atoms with Crippen LogP contribution in [0.2, 0.25) is 0 Å². The molecule has 2 heterocycles. The number of carboxylic acids is 1. The van der Waals surface area contributed by atoms with Crippen LogP contribution >= 0.6 is 0 Å². The first-order chi connectivity index (χ1) is 13.0. The summed E-state index contributed by atoms with van der Waals surface area (Å²) in [6, 6.07) is 7.49. The molecule has 0 radical (unpaired) electrons. The van der Waals surface area contributed by atoms with Crippen LogP contribution in [0.3, 0.4) is 0 Å². The van der Waals surface area contributed by atoms with Gasteiger partial charge in [0.2, 0.25) is 11.8 Å². The second-order valence-corrected chi connectivity index (χ2v) is 6.06. The zero-order chi connectivity index (χ0) is 21.1. The summed E-state index contributed by atoms with van der Waals surface area (Å²) >= 11 is 0. The van der Waals surface area contributed by atoms with Crippen molar-refractivity contribution in [3.63, 3.8) is 0 Å². The molecular weight excluding hydrogens is 381 g/mol. The van der Waals surface area contributed by atoms with Crippen LogP contribution in [-0.2, 0) is 20.9 Å². The molecule has 0 bridgehead atoms. The first-order valence-corrected chi connectivity index (χ1v) is 8.02. The second kappa shape index (κ2) is 8.11. The Morgan fingerprint density at radius 3 is 2.46 bits per heavy atom. The quantitative estimate of drug-likeness (QED) is 0.666. The maximum absolute atomic E-state index is 12.1. The molecule has 0 spiro atoms. The molecule has 150 valence electrons. The standard InChI is InChI=1S/C15H16N4O2.C2HF3O2/c16-12-3-5-18-13-7-9(1-2-10(12)13)8-19-6-4-11(14(17)20)15(19)21;3-2(4,5)1(6)7/h1-3,5,7,11H,4,6,8H2,(H2,16,18)(H2,17,20);(H,6,7)/t11-;/m0./s1. The molecule has 1 aliphatic rings. The second-order valence-electron chi connectivity index (χ2n) is 6.06. The number of aliphatic carboxylic acids is 1. The van der Waals surface area contributed by atoms with Crippen LogP contribution in [-0.4, -0.2) is 45.5 Å². The monoisotopic (exact) mass is 398 g/mol. The fraction of sp³-hybridized carbons (Fsp3) is 0.294. The molecule has 1 aromatic carbocycles. The van der Waals surface area contributed by atoms with Gasteiger partial charge in [0, 0.05) is 30.4 Å². The number of carbonyl (C=O) groups is 3. The van der Waals surface area contributed by atoms with Gasteiger partial charge >= 0.3 is 12.1 Å². The van der Waals surface area contributed by atoms with Gasteiger partial charge in [-0.25, -0.2) is 4.79 Å². The van der Waals surface area contributed by atoms with Crippen molar-refractivity contribution in [3.8, 4) is 0 Å². The van der Waals surface area contributed by atoms with E-state index >= 15 is 0 Å². The van der Waals surface area contributed by atoms with E-state index in [9.17, 15) is 22.8 Å². The fourth-order valence-corrected chi connectivity index (χ4v) is 2.69. The lowest BCUT2D eigenvalue weighted by Gasteiger charge is -2.16. The van der Waals surface area contributed by atoms with Crippen molar-refractivity contribution < 1.29 is 32.7 Å². The van der Waals surface area contributed by atoms with E-state index in [-0.39, 0.29) is 5.91 Å². The molecule has 1 aromatic heterocycles. The van der Waals surface area contributed by atoms with E-state index in [1.807, 2.05) is 18.2 Å². The van der Waals surface area contributed by atoms with Gasteiger partial charge in [-0.05, 0) is 24.1 Å². The molecule has 1 fully saturated rings. The van der Waals surface area contributed by atoms with E-state index in [0.29, 0.717) is 25.2 Å². The first-order valence-electron chi connectivity index (χ1n) is 8.02. The van der Waals surface area contributed by atoms with E-state index in [2.05, 4.69) is 4.98 Å². The molecule has 1 saturated heterocycles. The molecule has 2 amide bonds. The van der Waals surface area contributed by atoms with Gasteiger partial charge in [-0.3, -0.25) is 14.6 Å². The summed E-state index contributed by atoms with van der Waals surface area (Å²) in [4.78, 5) is 38.1. The van der Waals surface area contributed by atoms with Crippen LogP contribution in [0.15, 0.2) is 30.5 Å². The van der Waals surface area contributed by atoms with Crippen molar-refractivity contribution in [1.29, 1.82) is 0 Å². The third-order valence-corrected chi connectivity index (χ3v) is 4.10. The number of carbonyl (C=O) groups excluding carboxylic acids is 2. The number of carboxylic acid groups (broad SMARTS) is 1. The number of aromatic nitrogens is 1. The molecule has 1 atom stereocenters. The van der Waals surface area contributed by atoms with Gasteiger partial charge in [0.25, 0.3) is 0 Å². The van der Waals surface area contributed by atoms with E-state index in [0.717, 1.165) is 16.5 Å². The molecule has 1 aliphatic heterocycles. The summed E-state index contributed by atoms with van der Waals surface area (Å²) in [5.74, 6) is -4.18. The van der Waals surface area contributed by atoms with Gasteiger partial charge < -0.3 is 21.5 Å². The largest absolute Gasteiger partial charge is 0.490 e. The Kier molecular flexibility index (Phi) is 6.06. The highest BCUT2D eigenvalue weighted by Gasteiger charge is 2.38. The number of anilines is 1. The number of alkyl halides is 3. The molecule has 0 unspecified atom stereocenters. The number of rotatable bonds is 3. The number of fused-ring (bicyclic) bond motifs is 1. The number of nitrogen functional groups attached to an aromatic ring is 1. The number of amides is 2. The highest BCUT2D eigenvalue weighted by atomic mass is 19.4. The third kappa shape index (κ3) is 4.87. The highest BCUT2D eigenvalue weighted by molar-refractivity contribution is 6.01. The summed E-state index contributed by atoms with van der Waals surface area (Å²) in [5, 5.41) is 8.02. The Morgan fingerprint density at radius 2 is 1.93 bits per heavy atom. The highest BCUT2D eigenvalue weighted by Crippen LogP contribution is 2.23. The SMILES string of the molecule is NC(=O)[C@@H]1CCN(Cc2ccc3c(N)ccnc3c2)C1=O.O=C(O)C(F)(F)F. The molecule has 28 heavy (non-hydrogen) atoms. The number of nitrogens with two attached hydrogens (primary N) is 2. The molecule has 5 N–H and O–H groups in total. The van der Waals surface area contributed by atoms with Crippen molar-refractivity contribution in [2.75, 3.05) is 12.3 Å². The number of nitrogens with zero attached hydrogens (tertiary/aromatic N) is 2. The van der Waals surface area contributed by atoms with E-state index < -0.39 is 24.0 Å². The Bertz CT molecular complexity index is 917. The number of likely N-dealkylation sites (tertiary alicyclic amines) is 1. The summed E-state index contributed by atoms with van der Waals surface area (Å²) in [5.41, 5.74) is 13.5. The number of benzene rings is 1.